The first-order valence-corrected chi connectivity index (χ1v) is 10.9. The van der Waals surface area contributed by atoms with E-state index < -0.39 is 26.6 Å². The lowest BCUT2D eigenvalue weighted by Gasteiger charge is -2.12. The SMILES string of the molecule is CSc1nnc(CCCNS(=O)(=O)c2cc(F)ccc2F)n1CC(C)C. The minimum atomic E-state index is -4.11. The van der Waals surface area contributed by atoms with E-state index in [1.54, 1.807) is 0 Å². The summed E-state index contributed by atoms with van der Waals surface area (Å²) in [5.41, 5.74) is 0. The van der Waals surface area contributed by atoms with Crippen molar-refractivity contribution in [1.29, 1.82) is 0 Å². The third-order valence-electron chi connectivity index (χ3n) is 3.58. The largest absolute Gasteiger partial charge is 0.306 e. The van der Waals surface area contributed by atoms with E-state index >= 15 is 0 Å². The van der Waals surface area contributed by atoms with Crippen molar-refractivity contribution in [2.75, 3.05) is 12.8 Å². The molecule has 1 heterocycles. The van der Waals surface area contributed by atoms with Gasteiger partial charge < -0.3 is 4.57 Å². The fraction of sp³-hybridized carbons (Fsp3) is 0.500. The third-order valence-corrected chi connectivity index (χ3v) is 5.72. The molecule has 0 unspecified atom stereocenters. The number of nitrogens with one attached hydrogen (secondary N) is 1. The van der Waals surface area contributed by atoms with Crippen LogP contribution in [0, 0.1) is 17.6 Å². The number of hydrogen-bond acceptors (Lipinski definition) is 5. The molecule has 0 saturated heterocycles. The summed E-state index contributed by atoms with van der Waals surface area (Å²) < 4.78 is 55.4. The molecule has 1 aromatic heterocycles. The zero-order valence-corrected chi connectivity index (χ0v) is 16.5. The number of benzene rings is 1. The van der Waals surface area contributed by atoms with E-state index in [1.165, 1.54) is 11.8 Å². The molecule has 0 fully saturated rings. The molecule has 0 saturated carbocycles. The molecule has 1 N–H and O–H groups in total. The second-order valence-electron chi connectivity index (χ2n) is 6.18. The van der Waals surface area contributed by atoms with Crippen LogP contribution >= 0.6 is 11.8 Å². The highest BCUT2D eigenvalue weighted by molar-refractivity contribution is 7.98. The Morgan fingerprint density at radius 2 is 2.00 bits per heavy atom. The van der Waals surface area contributed by atoms with Gasteiger partial charge in [0.1, 0.15) is 22.4 Å². The van der Waals surface area contributed by atoms with Crippen molar-refractivity contribution in [2.45, 2.75) is 43.3 Å². The van der Waals surface area contributed by atoms with Gasteiger partial charge in [-0.3, -0.25) is 0 Å². The van der Waals surface area contributed by atoms with Crippen molar-refractivity contribution < 1.29 is 17.2 Å². The van der Waals surface area contributed by atoms with E-state index in [-0.39, 0.29) is 6.54 Å². The van der Waals surface area contributed by atoms with Crippen molar-refractivity contribution >= 4 is 21.8 Å². The minimum Gasteiger partial charge on any atom is -0.306 e. The average Bonchev–Trinajstić information content (AvgIpc) is 2.95. The standard InChI is InChI=1S/C16H22F2N4O2S2/c1-11(2)10-22-15(20-21-16(22)25-3)5-4-8-19-26(23,24)14-9-12(17)6-7-13(14)18/h6-7,9,11,19H,4-5,8,10H2,1-3H3. The van der Waals surface area contributed by atoms with Crippen LogP contribution in [0.5, 0.6) is 0 Å². The zero-order chi connectivity index (χ0) is 19.3. The highest BCUT2D eigenvalue weighted by Gasteiger charge is 2.19. The van der Waals surface area contributed by atoms with Crippen LogP contribution in [0.3, 0.4) is 0 Å². The van der Waals surface area contributed by atoms with Gasteiger partial charge in [0.15, 0.2) is 5.16 Å². The fourth-order valence-electron chi connectivity index (χ4n) is 2.42. The van der Waals surface area contributed by atoms with Gasteiger partial charge in [-0.15, -0.1) is 10.2 Å². The molecule has 0 atom stereocenters. The molecule has 26 heavy (non-hydrogen) atoms. The van der Waals surface area contributed by atoms with Crippen LogP contribution in [0.4, 0.5) is 8.78 Å². The highest BCUT2D eigenvalue weighted by Crippen LogP contribution is 2.18. The van der Waals surface area contributed by atoms with Gasteiger partial charge in [0.05, 0.1) is 0 Å². The van der Waals surface area contributed by atoms with E-state index in [1.807, 2.05) is 10.8 Å². The first-order valence-electron chi connectivity index (χ1n) is 8.15. The molecule has 144 valence electrons. The Morgan fingerprint density at radius 3 is 2.65 bits per heavy atom. The molecule has 0 spiro atoms. The maximum atomic E-state index is 13.6. The predicted octanol–water partition coefficient (Wildman–Crippen LogP) is 2.85. The summed E-state index contributed by atoms with van der Waals surface area (Å²) in [6.07, 6.45) is 2.90. The molecule has 0 bridgehead atoms. The quantitative estimate of drug-likeness (QED) is 0.514. The second kappa shape index (κ2) is 8.92. The number of aromatic nitrogens is 3. The molecule has 0 amide bonds. The van der Waals surface area contributed by atoms with Gasteiger partial charge in [-0.25, -0.2) is 21.9 Å². The molecule has 2 aromatic rings. The van der Waals surface area contributed by atoms with E-state index in [0.717, 1.165) is 29.7 Å². The van der Waals surface area contributed by atoms with E-state index in [2.05, 4.69) is 28.8 Å². The molecule has 0 aliphatic carbocycles. The number of sulfonamides is 1. The first kappa shape index (κ1) is 20.8. The Kier molecular flexibility index (Phi) is 7.13. The van der Waals surface area contributed by atoms with Gasteiger partial charge in [-0.1, -0.05) is 25.6 Å². The first-order chi connectivity index (χ1) is 12.2. The van der Waals surface area contributed by atoms with Gasteiger partial charge in [-0.2, -0.15) is 0 Å². The van der Waals surface area contributed by atoms with Crippen LogP contribution in [-0.4, -0.2) is 36.0 Å². The lowest BCUT2D eigenvalue weighted by Crippen LogP contribution is -2.26. The number of rotatable bonds is 9. The van der Waals surface area contributed by atoms with Crippen LogP contribution in [-0.2, 0) is 23.0 Å². The van der Waals surface area contributed by atoms with Crippen molar-refractivity contribution in [3.63, 3.8) is 0 Å². The number of halogens is 2. The molecule has 6 nitrogen and oxygen atoms in total. The highest BCUT2D eigenvalue weighted by atomic mass is 32.2. The number of nitrogens with zero attached hydrogens (tertiary/aromatic N) is 3. The summed E-state index contributed by atoms with van der Waals surface area (Å²) in [7, 11) is -4.11. The van der Waals surface area contributed by atoms with Crippen LogP contribution in [0.2, 0.25) is 0 Å². The third kappa shape index (κ3) is 5.24. The fourth-order valence-corrected chi connectivity index (χ4v) is 4.10. The van der Waals surface area contributed by atoms with Crippen LogP contribution in [0.1, 0.15) is 26.1 Å². The predicted molar refractivity (Wildman–Crippen MR) is 96.5 cm³/mol. The van der Waals surface area contributed by atoms with Crippen LogP contribution < -0.4 is 4.72 Å². The number of hydrogen-bond donors (Lipinski definition) is 1. The normalized spacial score (nSPS) is 12.1. The van der Waals surface area contributed by atoms with E-state index in [9.17, 15) is 17.2 Å². The molecule has 0 radical (unpaired) electrons. The summed E-state index contributed by atoms with van der Waals surface area (Å²) in [6, 6.07) is 2.34. The molecule has 1 aromatic carbocycles. The van der Waals surface area contributed by atoms with Crippen molar-refractivity contribution in [2.24, 2.45) is 5.92 Å². The van der Waals surface area contributed by atoms with Gasteiger partial charge in [0.25, 0.3) is 0 Å². The number of aryl methyl sites for hydroxylation is 1. The summed E-state index contributed by atoms with van der Waals surface area (Å²) in [6.45, 7) is 5.05. The molecule has 0 aliphatic rings. The maximum Gasteiger partial charge on any atom is 0.243 e. The van der Waals surface area contributed by atoms with Gasteiger partial charge in [-0.05, 0) is 36.8 Å². The average molecular weight is 405 g/mol. The smallest absolute Gasteiger partial charge is 0.243 e. The topological polar surface area (TPSA) is 76.9 Å². The van der Waals surface area contributed by atoms with Gasteiger partial charge >= 0.3 is 0 Å². The Balaban J connectivity index is 1.98. The Morgan fingerprint density at radius 1 is 1.27 bits per heavy atom. The molecular formula is C16H22F2N4O2S2. The summed E-state index contributed by atoms with van der Waals surface area (Å²) >= 11 is 1.50. The molecule has 10 heteroatoms. The summed E-state index contributed by atoms with van der Waals surface area (Å²) in [5.74, 6) is -0.595. The lowest BCUT2D eigenvalue weighted by molar-refractivity contribution is 0.477. The van der Waals surface area contributed by atoms with Gasteiger partial charge in [0.2, 0.25) is 10.0 Å². The van der Waals surface area contributed by atoms with Crippen molar-refractivity contribution in [3.05, 3.63) is 35.7 Å². The summed E-state index contributed by atoms with van der Waals surface area (Å²) in [4.78, 5) is -0.690. The monoisotopic (exact) mass is 404 g/mol. The molecular weight excluding hydrogens is 382 g/mol. The van der Waals surface area contributed by atoms with Gasteiger partial charge in [0, 0.05) is 19.5 Å². The maximum absolute atomic E-state index is 13.6. The molecule has 0 aliphatic heterocycles. The Bertz CT molecular complexity index is 854. The Hall–Kier alpha value is -1.52. The van der Waals surface area contributed by atoms with E-state index in [4.69, 9.17) is 0 Å². The van der Waals surface area contributed by atoms with Crippen molar-refractivity contribution in [1.82, 2.24) is 19.5 Å². The zero-order valence-electron chi connectivity index (χ0n) is 14.9. The second-order valence-corrected chi connectivity index (χ2v) is 8.69. The van der Waals surface area contributed by atoms with Crippen LogP contribution in [0.15, 0.2) is 28.3 Å². The van der Waals surface area contributed by atoms with Crippen molar-refractivity contribution in [3.8, 4) is 0 Å². The molecule has 2 rings (SSSR count). The van der Waals surface area contributed by atoms with E-state index in [0.29, 0.717) is 24.8 Å². The number of thioether (sulfide) groups is 1. The Labute approximate surface area is 156 Å². The van der Waals surface area contributed by atoms with Crippen LogP contribution in [0.25, 0.3) is 0 Å². The lowest BCUT2D eigenvalue weighted by atomic mass is 10.2. The minimum absolute atomic E-state index is 0.0847. The summed E-state index contributed by atoms with van der Waals surface area (Å²) in [5, 5.41) is 9.11.